The first kappa shape index (κ1) is 14.6. The van der Waals surface area contributed by atoms with E-state index in [9.17, 15) is 13.2 Å². The summed E-state index contributed by atoms with van der Waals surface area (Å²) in [4.78, 5) is 13.5. The molecule has 2 N–H and O–H groups in total. The Morgan fingerprint density at radius 1 is 1.20 bits per heavy atom. The van der Waals surface area contributed by atoms with Crippen LogP contribution in [0.25, 0.3) is 0 Å². The largest absolute Gasteiger partial charge is 0.493 e. The predicted octanol–water partition coefficient (Wildman–Crippen LogP) is 0.423. The van der Waals surface area contributed by atoms with Gasteiger partial charge in [0, 0.05) is 12.0 Å². The van der Waals surface area contributed by atoms with E-state index in [0.717, 1.165) is 12.8 Å². The van der Waals surface area contributed by atoms with Crippen LogP contribution in [0.3, 0.4) is 0 Å². The highest BCUT2D eigenvalue weighted by Gasteiger charge is 2.30. The van der Waals surface area contributed by atoms with E-state index in [4.69, 9.17) is 9.47 Å². The van der Waals surface area contributed by atoms with Crippen molar-refractivity contribution in [2.75, 3.05) is 14.2 Å². The third kappa shape index (κ3) is 3.20. The molecule has 7 nitrogen and oxygen atoms in total. The van der Waals surface area contributed by atoms with Gasteiger partial charge in [0.25, 0.3) is 10.0 Å². The standard InChI is InChI=1S/C12H16N2O5S/c1-18-10-6-5-9(7-11(10)19-2)20(16,17)14-13-12(15)8-3-4-8/h5-8,14H,3-4H2,1-2H3,(H,13,15). The SMILES string of the molecule is COc1ccc(S(=O)(=O)NNC(=O)C2CC2)cc1OC. The number of carbonyl (C=O) groups is 1. The fourth-order valence-electron chi connectivity index (χ4n) is 1.61. The molecule has 1 aromatic carbocycles. The third-order valence-electron chi connectivity index (χ3n) is 2.92. The molecule has 0 unspecified atom stereocenters. The van der Waals surface area contributed by atoms with Gasteiger partial charge in [0.1, 0.15) is 0 Å². The summed E-state index contributed by atoms with van der Waals surface area (Å²) >= 11 is 0. The Balaban J connectivity index is 2.13. The second-order valence-electron chi connectivity index (χ2n) is 4.39. The maximum Gasteiger partial charge on any atom is 0.257 e. The van der Waals surface area contributed by atoms with Crippen LogP contribution < -0.4 is 19.7 Å². The van der Waals surface area contributed by atoms with Crippen LogP contribution in [0.15, 0.2) is 23.1 Å². The highest BCUT2D eigenvalue weighted by atomic mass is 32.2. The van der Waals surface area contributed by atoms with E-state index in [1.807, 2.05) is 0 Å². The molecule has 20 heavy (non-hydrogen) atoms. The zero-order valence-corrected chi connectivity index (χ0v) is 12.0. The number of nitrogens with one attached hydrogen (secondary N) is 2. The highest BCUT2D eigenvalue weighted by Crippen LogP contribution is 2.30. The molecule has 0 aliphatic heterocycles. The van der Waals surface area contributed by atoms with Crippen molar-refractivity contribution in [2.45, 2.75) is 17.7 Å². The topological polar surface area (TPSA) is 93.7 Å². The van der Waals surface area contributed by atoms with Crippen LogP contribution in [-0.2, 0) is 14.8 Å². The van der Waals surface area contributed by atoms with E-state index in [2.05, 4.69) is 10.3 Å². The van der Waals surface area contributed by atoms with Crippen molar-refractivity contribution in [1.82, 2.24) is 10.3 Å². The van der Waals surface area contributed by atoms with Crippen molar-refractivity contribution in [2.24, 2.45) is 5.92 Å². The summed E-state index contributed by atoms with van der Waals surface area (Å²) in [5.41, 5.74) is 2.20. The van der Waals surface area contributed by atoms with Gasteiger partial charge in [0.15, 0.2) is 11.5 Å². The third-order valence-corrected chi connectivity index (χ3v) is 4.17. The number of hydrazine groups is 1. The van der Waals surface area contributed by atoms with E-state index >= 15 is 0 Å². The van der Waals surface area contributed by atoms with Crippen LogP contribution >= 0.6 is 0 Å². The minimum absolute atomic E-state index is 0.0220. The van der Waals surface area contributed by atoms with E-state index in [0.29, 0.717) is 11.5 Å². The molecule has 0 atom stereocenters. The molecular weight excluding hydrogens is 284 g/mol. The number of amides is 1. The van der Waals surface area contributed by atoms with Crippen LogP contribution in [0.1, 0.15) is 12.8 Å². The van der Waals surface area contributed by atoms with Gasteiger partial charge in [0.2, 0.25) is 5.91 Å². The Morgan fingerprint density at radius 2 is 1.85 bits per heavy atom. The van der Waals surface area contributed by atoms with E-state index in [1.165, 1.54) is 32.4 Å². The molecule has 1 fully saturated rings. The van der Waals surface area contributed by atoms with Crippen molar-refractivity contribution in [3.05, 3.63) is 18.2 Å². The molecule has 1 saturated carbocycles. The van der Waals surface area contributed by atoms with Crippen molar-refractivity contribution in [3.8, 4) is 11.5 Å². The Labute approximate surface area is 117 Å². The van der Waals surface area contributed by atoms with Gasteiger partial charge in [-0.3, -0.25) is 10.2 Å². The van der Waals surface area contributed by atoms with E-state index in [-0.39, 0.29) is 16.7 Å². The predicted molar refractivity (Wildman–Crippen MR) is 70.7 cm³/mol. The molecule has 0 saturated heterocycles. The lowest BCUT2D eigenvalue weighted by Crippen LogP contribution is -2.42. The van der Waals surface area contributed by atoms with Crippen molar-refractivity contribution < 1.29 is 22.7 Å². The van der Waals surface area contributed by atoms with Crippen LogP contribution in [0.4, 0.5) is 0 Å². The molecule has 110 valence electrons. The second-order valence-corrected chi connectivity index (χ2v) is 6.07. The molecule has 0 radical (unpaired) electrons. The first-order chi connectivity index (χ1) is 9.47. The summed E-state index contributed by atoms with van der Waals surface area (Å²) in [6.45, 7) is 0. The summed E-state index contributed by atoms with van der Waals surface area (Å²) in [7, 11) is -0.964. The lowest BCUT2D eigenvalue weighted by atomic mass is 10.3. The molecule has 0 spiro atoms. The zero-order chi connectivity index (χ0) is 14.8. The van der Waals surface area contributed by atoms with Crippen LogP contribution in [0, 0.1) is 5.92 Å². The van der Waals surface area contributed by atoms with E-state index < -0.39 is 10.0 Å². The number of hydrogen-bond donors (Lipinski definition) is 2. The summed E-state index contributed by atoms with van der Waals surface area (Å²) in [6, 6.07) is 4.17. The van der Waals surface area contributed by atoms with Crippen LogP contribution in [0.5, 0.6) is 11.5 Å². The van der Waals surface area contributed by atoms with Gasteiger partial charge in [-0.05, 0) is 25.0 Å². The fourth-order valence-corrected chi connectivity index (χ4v) is 2.47. The molecular formula is C12H16N2O5S. The lowest BCUT2D eigenvalue weighted by Gasteiger charge is -2.11. The molecule has 1 aromatic rings. The van der Waals surface area contributed by atoms with Crippen molar-refractivity contribution in [3.63, 3.8) is 0 Å². The number of rotatable bonds is 6. The molecule has 0 bridgehead atoms. The average molecular weight is 300 g/mol. The maximum absolute atomic E-state index is 12.0. The van der Waals surface area contributed by atoms with Crippen molar-refractivity contribution >= 4 is 15.9 Å². The summed E-state index contributed by atoms with van der Waals surface area (Å²) in [6.07, 6.45) is 1.59. The number of ether oxygens (including phenoxy) is 2. The lowest BCUT2D eigenvalue weighted by molar-refractivity contribution is -0.122. The fraction of sp³-hybridized carbons (Fsp3) is 0.417. The maximum atomic E-state index is 12.0. The number of hydrogen-bond acceptors (Lipinski definition) is 5. The monoisotopic (exact) mass is 300 g/mol. The number of carbonyl (C=O) groups excluding carboxylic acids is 1. The summed E-state index contributed by atoms with van der Waals surface area (Å²) in [5.74, 6) is 0.328. The van der Waals surface area contributed by atoms with Gasteiger partial charge in [-0.25, -0.2) is 8.42 Å². The molecule has 0 aromatic heterocycles. The second kappa shape index (κ2) is 5.68. The smallest absolute Gasteiger partial charge is 0.257 e. The molecule has 1 aliphatic carbocycles. The average Bonchev–Trinajstić information content (AvgIpc) is 3.28. The first-order valence-corrected chi connectivity index (χ1v) is 7.50. The van der Waals surface area contributed by atoms with Gasteiger partial charge < -0.3 is 9.47 Å². The quantitative estimate of drug-likeness (QED) is 0.743. The zero-order valence-electron chi connectivity index (χ0n) is 11.2. The Kier molecular flexibility index (Phi) is 4.15. The van der Waals surface area contributed by atoms with Crippen molar-refractivity contribution in [1.29, 1.82) is 0 Å². The molecule has 8 heteroatoms. The number of benzene rings is 1. The van der Waals surface area contributed by atoms with Gasteiger partial charge >= 0.3 is 0 Å². The van der Waals surface area contributed by atoms with Gasteiger partial charge in [-0.1, -0.05) is 0 Å². The molecule has 0 heterocycles. The Bertz CT molecular complexity index is 610. The minimum Gasteiger partial charge on any atom is -0.493 e. The number of methoxy groups -OCH3 is 2. The molecule has 1 amide bonds. The van der Waals surface area contributed by atoms with Crippen LogP contribution in [-0.4, -0.2) is 28.5 Å². The van der Waals surface area contributed by atoms with Gasteiger partial charge in [-0.15, -0.1) is 4.83 Å². The minimum atomic E-state index is -3.84. The summed E-state index contributed by atoms with van der Waals surface area (Å²) < 4.78 is 34.1. The Morgan fingerprint density at radius 3 is 2.40 bits per heavy atom. The van der Waals surface area contributed by atoms with Gasteiger partial charge in [0.05, 0.1) is 19.1 Å². The normalized spacial score (nSPS) is 14.7. The molecule has 1 aliphatic rings. The summed E-state index contributed by atoms with van der Waals surface area (Å²) in [5, 5.41) is 0. The highest BCUT2D eigenvalue weighted by molar-refractivity contribution is 7.89. The molecule has 2 rings (SSSR count). The van der Waals surface area contributed by atoms with Crippen LogP contribution in [0.2, 0.25) is 0 Å². The van der Waals surface area contributed by atoms with E-state index in [1.54, 1.807) is 0 Å². The first-order valence-electron chi connectivity index (χ1n) is 6.01. The van der Waals surface area contributed by atoms with Gasteiger partial charge in [-0.2, -0.15) is 0 Å². The number of sulfonamides is 1. The Hall–Kier alpha value is -1.80.